The number of benzene rings is 1. The van der Waals surface area contributed by atoms with Crippen LogP contribution in [0.5, 0.6) is 11.5 Å². The number of carbonyl (C=O) groups is 1. The van der Waals surface area contributed by atoms with Gasteiger partial charge in [0.25, 0.3) is 0 Å². The monoisotopic (exact) mass is 283 g/mol. The van der Waals surface area contributed by atoms with Crippen molar-refractivity contribution in [2.45, 2.75) is 13.5 Å². The Hall–Kier alpha value is -2.62. The molecular formula is C13H11F2NO4. The van der Waals surface area contributed by atoms with Crippen LogP contribution in [0, 0.1) is 11.3 Å². The number of carboxylic acids is 1. The summed E-state index contributed by atoms with van der Waals surface area (Å²) in [6.07, 6.45) is 0.947. The molecule has 0 bridgehead atoms. The number of rotatable bonds is 6. The summed E-state index contributed by atoms with van der Waals surface area (Å²) in [7, 11) is 0. The van der Waals surface area contributed by atoms with Gasteiger partial charge < -0.3 is 14.6 Å². The van der Waals surface area contributed by atoms with E-state index < -0.39 is 18.2 Å². The largest absolute Gasteiger partial charge is 0.490 e. The van der Waals surface area contributed by atoms with Gasteiger partial charge in [-0.15, -0.1) is 0 Å². The van der Waals surface area contributed by atoms with Crippen molar-refractivity contribution in [3.63, 3.8) is 0 Å². The van der Waals surface area contributed by atoms with Gasteiger partial charge in [-0.3, -0.25) is 0 Å². The highest BCUT2D eigenvalue weighted by atomic mass is 19.3. The van der Waals surface area contributed by atoms with Crippen molar-refractivity contribution >= 4 is 12.0 Å². The van der Waals surface area contributed by atoms with Gasteiger partial charge in [-0.05, 0) is 19.1 Å². The van der Waals surface area contributed by atoms with Crippen molar-refractivity contribution in [3.8, 4) is 17.6 Å². The fourth-order valence-electron chi connectivity index (χ4n) is 1.43. The number of alkyl halides is 2. The molecule has 0 fully saturated rings. The fourth-order valence-corrected chi connectivity index (χ4v) is 1.43. The van der Waals surface area contributed by atoms with Gasteiger partial charge in [0.15, 0.2) is 11.5 Å². The molecule has 0 heterocycles. The van der Waals surface area contributed by atoms with Crippen LogP contribution in [0.4, 0.5) is 8.78 Å². The van der Waals surface area contributed by atoms with Gasteiger partial charge in [-0.2, -0.15) is 14.0 Å². The average Bonchev–Trinajstić information content (AvgIpc) is 2.38. The minimum atomic E-state index is -3.10. The quantitative estimate of drug-likeness (QED) is 0.641. The minimum Gasteiger partial charge on any atom is -0.490 e. The van der Waals surface area contributed by atoms with Crippen LogP contribution in [0.1, 0.15) is 12.5 Å². The van der Waals surface area contributed by atoms with Crippen LogP contribution in [0.25, 0.3) is 6.08 Å². The Kier molecular flexibility index (Phi) is 5.47. The fraction of sp³-hybridized carbons (Fsp3) is 0.231. The number of ether oxygens (including phenoxy) is 2. The van der Waals surface area contributed by atoms with Crippen LogP contribution in [0.3, 0.4) is 0 Å². The lowest BCUT2D eigenvalue weighted by atomic mass is 10.1. The van der Waals surface area contributed by atoms with Crippen molar-refractivity contribution in [3.05, 3.63) is 29.3 Å². The Morgan fingerprint density at radius 2 is 2.25 bits per heavy atom. The van der Waals surface area contributed by atoms with E-state index in [0.717, 1.165) is 6.08 Å². The summed E-state index contributed by atoms with van der Waals surface area (Å²) in [6, 6.07) is 5.69. The third kappa shape index (κ3) is 3.95. The zero-order valence-corrected chi connectivity index (χ0v) is 10.5. The molecule has 1 N–H and O–H groups in total. The van der Waals surface area contributed by atoms with E-state index in [-0.39, 0.29) is 23.7 Å². The van der Waals surface area contributed by atoms with Crippen LogP contribution in [0.15, 0.2) is 23.8 Å². The Morgan fingerprint density at radius 3 is 2.75 bits per heavy atom. The molecule has 1 aromatic rings. The second kappa shape index (κ2) is 7.09. The summed E-state index contributed by atoms with van der Waals surface area (Å²) in [5.41, 5.74) is -0.576. The summed E-state index contributed by atoms with van der Waals surface area (Å²) >= 11 is 0. The predicted octanol–water partition coefficient (Wildman–Crippen LogP) is 2.68. The molecule has 0 atom stereocenters. The lowest BCUT2D eigenvalue weighted by Crippen LogP contribution is -2.06. The molecule has 1 rings (SSSR count). The second-order valence-electron chi connectivity index (χ2n) is 3.46. The van der Waals surface area contributed by atoms with Crippen LogP contribution in [-0.2, 0) is 4.79 Å². The molecule has 7 heteroatoms. The maximum absolute atomic E-state index is 12.4. The highest BCUT2D eigenvalue weighted by Gasteiger charge is 2.16. The zero-order chi connectivity index (χ0) is 15.1. The third-order valence-electron chi connectivity index (χ3n) is 2.17. The van der Waals surface area contributed by atoms with Crippen molar-refractivity contribution < 1.29 is 28.2 Å². The normalized spacial score (nSPS) is 11.1. The number of hydrogen-bond donors (Lipinski definition) is 1. The van der Waals surface area contributed by atoms with Crippen molar-refractivity contribution in [2.75, 3.05) is 6.61 Å². The first-order valence-electron chi connectivity index (χ1n) is 5.55. The number of nitrogens with zero attached hydrogens (tertiary/aromatic N) is 1. The molecule has 20 heavy (non-hydrogen) atoms. The molecule has 0 saturated heterocycles. The van der Waals surface area contributed by atoms with Crippen LogP contribution >= 0.6 is 0 Å². The second-order valence-corrected chi connectivity index (χ2v) is 3.46. The molecule has 106 valence electrons. The molecule has 5 nitrogen and oxygen atoms in total. The van der Waals surface area contributed by atoms with Crippen LogP contribution < -0.4 is 9.47 Å². The zero-order valence-electron chi connectivity index (χ0n) is 10.5. The number of carboxylic acid groups (broad SMARTS) is 1. The van der Waals surface area contributed by atoms with Gasteiger partial charge >= 0.3 is 12.6 Å². The molecule has 0 saturated carbocycles. The van der Waals surface area contributed by atoms with Crippen molar-refractivity contribution in [1.82, 2.24) is 0 Å². The first-order valence-corrected chi connectivity index (χ1v) is 5.55. The number of nitriles is 1. The molecule has 0 aliphatic heterocycles. The maximum atomic E-state index is 12.4. The third-order valence-corrected chi connectivity index (χ3v) is 2.17. The summed E-state index contributed by atoms with van der Waals surface area (Å²) in [5, 5.41) is 17.5. The molecule has 0 aromatic heterocycles. The Labute approximate surface area is 113 Å². The Bertz CT molecular complexity index is 564. The predicted molar refractivity (Wildman–Crippen MR) is 65.5 cm³/mol. The van der Waals surface area contributed by atoms with E-state index in [2.05, 4.69) is 4.74 Å². The smallest absolute Gasteiger partial charge is 0.387 e. The van der Waals surface area contributed by atoms with E-state index in [9.17, 15) is 13.6 Å². The van der Waals surface area contributed by atoms with Gasteiger partial charge in [0.1, 0.15) is 11.6 Å². The lowest BCUT2D eigenvalue weighted by Gasteiger charge is -2.13. The molecule has 0 spiro atoms. The molecule has 0 radical (unpaired) electrons. The highest BCUT2D eigenvalue weighted by Crippen LogP contribution is 2.34. The van der Waals surface area contributed by atoms with E-state index in [4.69, 9.17) is 15.1 Å². The Morgan fingerprint density at radius 1 is 1.55 bits per heavy atom. The number of halogens is 2. The van der Waals surface area contributed by atoms with Crippen molar-refractivity contribution in [1.29, 1.82) is 5.26 Å². The highest BCUT2D eigenvalue weighted by molar-refractivity contribution is 5.97. The van der Waals surface area contributed by atoms with Gasteiger partial charge in [0.05, 0.1) is 6.61 Å². The maximum Gasteiger partial charge on any atom is 0.387 e. The topological polar surface area (TPSA) is 79.5 Å². The molecule has 1 aromatic carbocycles. The van der Waals surface area contributed by atoms with Crippen LogP contribution in [0.2, 0.25) is 0 Å². The van der Waals surface area contributed by atoms with Gasteiger partial charge in [0.2, 0.25) is 0 Å². The molecule has 0 unspecified atom stereocenters. The lowest BCUT2D eigenvalue weighted by molar-refractivity contribution is -0.132. The number of para-hydroxylation sites is 1. The summed E-state index contributed by atoms with van der Waals surface area (Å²) < 4.78 is 34.3. The Balaban J connectivity index is 3.34. The molecule has 0 amide bonds. The number of hydrogen-bond acceptors (Lipinski definition) is 4. The van der Waals surface area contributed by atoms with Crippen molar-refractivity contribution in [2.24, 2.45) is 0 Å². The summed E-state index contributed by atoms with van der Waals surface area (Å²) in [6.45, 7) is -1.22. The first-order chi connectivity index (χ1) is 9.49. The molecule has 0 aliphatic rings. The SMILES string of the molecule is CCOc1cccc(/C=C(\C#N)C(=O)O)c1OC(F)F. The number of aliphatic carboxylic acids is 1. The van der Waals surface area contributed by atoms with E-state index in [0.29, 0.717) is 0 Å². The summed E-state index contributed by atoms with van der Waals surface area (Å²) in [4.78, 5) is 10.8. The minimum absolute atomic E-state index is 0.0233. The van der Waals surface area contributed by atoms with E-state index in [1.165, 1.54) is 24.3 Å². The van der Waals surface area contributed by atoms with Gasteiger partial charge in [0, 0.05) is 5.56 Å². The standard InChI is InChI=1S/C13H11F2NO4/c1-2-19-10-5-3-4-8(11(10)20-13(14)15)6-9(7-16)12(17)18/h3-6,13H,2H2,1H3,(H,17,18)/b9-6+. The molecule has 0 aliphatic carbocycles. The van der Waals surface area contributed by atoms with E-state index >= 15 is 0 Å². The van der Waals surface area contributed by atoms with E-state index in [1.807, 2.05) is 0 Å². The summed E-state index contributed by atoms with van der Waals surface area (Å²) in [5.74, 6) is -1.72. The molecular weight excluding hydrogens is 272 g/mol. The van der Waals surface area contributed by atoms with Gasteiger partial charge in [-0.25, -0.2) is 4.79 Å². The van der Waals surface area contributed by atoms with E-state index in [1.54, 1.807) is 6.92 Å². The van der Waals surface area contributed by atoms with Gasteiger partial charge in [-0.1, -0.05) is 12.1 Å². The first kappa shape index (κ1) is 15.4. The van der Waals surface area contributed by atoms with Crippen LogP contribution in [-0.4, -0.2) is 24.3 Å². The average molecular weight is 283 g/mol.